The molecule has 2 heterocycles. The highest BCUT2D eigenvalue weighted by Gasteiger charge is 2.28. The van der Waals surface area contributed by atoms with Gasteiger partial charge in [0.15, 0.2) is 0 Å². The first-order valence-electron chi connectivity index (χ1n) is 7.74. The lowest BCUT2D eigenvalue weighted by molar-refractivity contribution is 0.100. The Kier molecular flexibility index (Phi) is 3.78. The summed E-state index contributed by atoms with van der Waals surface area (Å²) in [6.07, 6.45) is 3.27. The summed E-state index contributed by atoms with van der Waals surface area (Å²) in [5.74, 6) is -0.0474. The van der Waals surface area contributed by atoms with E-state index in [0.717, 1.165) is 11.1 Å². The van der Waals surface area contributed by atoms with Crippen molar-refractivity contribution >= 4 is 17.7 Å². The third kappa shape index (κ3) is 2.89. The van der Waals surface area contributed by atoms with Gasteiger partial charge in [-0.2, -0.15) is 4.99 Å². The van der Waals surface area contributed by atoms with Crippen LogP contribution in [0.1, 0.15) is 21.5 Å². The molecule has 1 amide bonds. The number of aromatic nitrogens is 2. The fraction of sp³-hybridized carbons (Fsp3) is 0.0526. The molecule has 5 nitrogen and oxygen atoms in total. The van der Waals surface area contributed by atoms with Gasteiger partial charge in [-0.15, -0.1) is 0 Å². The first-order valence-corrected chi connectivity index (χ1v) is 7.74. The molecule has 122 valence electrons. The SMILES string of the molecule is O=C(N=C1c2ccccc2CN1c1ncccn1)c1cccc(F)c1. The van der Waals surface area contributed by atoms with Crippen LogP contribution in [0.15, 0.2) is 72.0 Å². The topological polar surface area (TPSA) is 58.5 Å². The Morgan fingerprint density at radius 2 is 1.84 bits per heavy atom. The van der Waals surface area contributed by atoms with Gasteiger partial charge in [-0.05, 0) is 29.8 Å². The zero-order valence-corrected chi connectivity index (χ0v) is 13.1. The first-order chi connectivity index (χ1) is 12.2. The Balaban J connectivity index is 1.79. The summed E-state index contributed by atoms with van der Waals surface area (Å²) in [5.41, 5.74) is 2.08. The maximum absolute atomic E-state index is 13.4. The molecule has 0 aliphatic carbocycles. The number of hydrogen-bond acceptors (Lipinski definition) is 3. The summed E-state index contributed by atoms with van der Waals surface area (Å²) < 4.78 is 13.4. The van der Waals surface area contributed by atoms with Gasteiger partial charge in [0.1, 0.15) is 11.7 Å². The van der Waals surface area contributed by atoms with Crippen molar-refractivity contribution in [1.29, 1.82) is 0 Å². The Labute approximate surface area is 143 Å². The van der Waals surface area contributed by atoms with Gasteiger partial charge in [-0.25, -0.2) is 14.4 Å². The van der Waals surface area contributed by atoms with E-state index >= 15 is 0 Å². The number of amides is 1. The number of fused-ring (bicyclic) bond motifs is 1. The first kappa shape index (κ1) is 15.1. The molecule has 0 radical (unpaired) electrons. The molecule has 1 aliphatic rings. The van der Waals surface area contributed by atoms with Gasteiger partial charge >= 0.3 is 0 Å². The van der Waals surface area contributed by atoms with Crippen LogP contribution in [0.2, 0.25) is 0 Å². The molecule has 3 aromatic rings. The molecule has 1 aromatic heterocycles. The van der Waals surface area contributed by atoms with Crippen molar-refractivity contribution in [2.75, 3.05) is 4.90 Å². The van der Waals surface area contributed by atoms with Crippen molar-refractivity contribution in [1.82, 2.24) is 9.97 Å². The average molecular weight is 332 g/mol. The summed E-state index contributed by atoms with van der Waals surface area (Å²) in [6.45, 7) is 0.523. The number of nitrogens with zero attached hydrogens (tertiary/aromatic N) is 4. The third-order valence-electron chi connectivity index (χ3n) is 3.91. The number of carbonyl (C=O) groups excluding carboxylic acids is 1. The number of carbonyl (C=O) groups is 1. The fourth-order valence-electron chi connectivity index (χ4n) is 2.77. The zero-order valence-electron chi connectivity index (χ0n) is 13.1. The number of hydrogen-bond donors (Lipinski definition) is 0. The second-order valence-corrected chi connectivity index (χ2v) is 5.54. The van der Waals surface area contributed by atoms with Gasteiger partial charge < -0.3 is 0 Å². The Morgan fingerprint density at radius 1 is 1.04 bits per heavy atom. The second kappa shape index (κ2) is 6.24. The van der Waals surface area contributed by atoms with Crippen molar-refractivity contribution in [3.8, 4) is 0 Å². The van der Waals surface area contributed by atoms with Gasteiger partial charge in [0.2, 0.25) is 5.95 Å². The predicted molar refractivity (Wildman–Crippen MR) is 91.9 cm³/mol. The van der Waals surface area contributed by atoms with Gasteiger partial charge in [-0.3, -0.25) is 9.69 Å². The molecular weight excluding hydrogens is 319 g/mol. The maximum atomic E-state index is 13.4. The molecule has 6 heteroatoms. The van der Waals surface area contributed by atoms with Crippen LogP contribution in [0, 0.1) is 5.82 Å². The lowest BCUT2D eigenvalue weighted by atomic mass is 10.1. The molecule has 4 rings (SSSR count). The van der Waals surface area contributed by atoms with Crippen LogP contribution in [0.3, 0.4) is 0 Å². The van der Waals surface area contributed by atoms with E-state index in [1.165, 1.54) is 18.2 Å². The summed E-state index contributed by atoms with van der Waals surface area (Å²) in [6, 6.07) is 14.9. The highest BCUT2D eigenvalue weighted by molar-refractivity contribution is 6.18. The van der Waals surface area contributed by atoms with E-state index in [2.05, 4.69) is 15.0 Å². The van der Waals surface area contributed by atoms with Crippen molar-refractivity contribution in [3.05, 3.63) is 89.5 Å². The van der Waals surface area contributed by atoms with Gasteiger partial charge in [-0.1, -0.05) is 30.3 Å². The largest absolute Gasteiger partial charge is 0.290 e. The van der Waals surface area contributed by atoms with Crippen molar-refractivity contribution in [2.24, 2.45) is 4.99 Å². The number of rotatable bonds is 2. The molecule has 0 saturated carbocycles. The molecule has 1 aliphatic heterocycles. The van der Waals surface area contributed by atoms with E-state index in [1.807, 2.05) is 24.3 Å². The summed E-state index contributed by atoms with van der Waals surface area (Å²) in [5, 5.41) is 0. The molecule has 25 heavy (non-hydrogen) atoms. The Morgan fingerprint density at radius 3 is 2.64 bits per heavy atom. The lowest BCUT2D eigenvalue weighted by Crippen LogP contribution is -2.27. The van der Waals surface area contributed by atoms with Crippen LogP contribution >= 0.6 is 0 Å². The molecule has 0 N–H and O–H groups in total. The molecular formula is C19H13FN4O. The maximum Gasteiger partial charge on any atom is 0.279 e. The number of aliphatic imine (C=N–C) groups is 1. The Bertz CT molecular complexity index is 972. The monoisotopic (exact) mass is 332 g/mol. The molecule has 0 spiro atoms. The van der Waals surface area contributed by atoms with Gasteiger partial charge in [0, 0.05) is 23.5 Å². The van der Waals surface area contributed by atoms with Crippen LogP contribution in [0.25, 0.3) is 0 Å². The lowest BCUT2D eigenvalue weighted by Gasteiger charge is -2.16. The van der Waals surface area contributed by atoms with Crippen LogP contribution in [0.5, 0.6) is 0 Å². The second-order valence-electron chi connectivity index (χ2n) is 5.54. The van der Waals surface area contributed by atoms with Crippen LogP contribution in [-0.2, 0) is 6.54 Å². The molecule has 0 bridgehead atoms. The van der Waals surface area contributed by atoms with E-state index in [-0.39, 0.29) is 5.56 Å². The minimum atomic E-state index is -0.507. The summed E-state index contributed by atoms with van der Waals surface area (Å²) in [7, 11) is 0. The van der Waals surface area contributed by atoms with E-state index in [1.54, 1.807) is 29.4 Å². The van der Waals surface area contributed by atoms with Crippen molar-refractivity contribution in [3.63, 3.8) is 0 Å². The number of anilines is 1. The highest BCUT2D eigenvalue weighted by atomic mass is 19.1. The van der Waals surface area contributed by atoms with E-state index in [9.17, 15) is 9.18 Å². The number of amidine groups is 1. The number of halogens is 1. The average Bonchev–Trinajstić information content (AvgIpc) is 3.01. The molecule has 0 fully saturated rings. The van der Waals surface area contributed by atoms with Gasteiger partial charge in [0.05, 0.1) is 6.54 Å². The van der Waals surface area contributed by atoms with Crippen LogP contribution in [-0.4, -0.2) is 21.7 Å². The Hall–Kier alpha value is -3.41. The van der Waals surface area contributed by atoms with Crippen LogP contribution < -0.4 is 4.90 Å². The summed E-state index contributed by atoms with van der Waals surface area (Å²) in [4.78, 5) is 27.0. The fourth-order valence-corrected chi connectivity index (χ4v) is 2.77. The normalized spacial score (nSPS) is 14.6. The number of benzene rings is 2. The molecule has 0 unspecified atom stereocenters. The van der Waals surface area contributed by atoms with Crippen molar-refractivity contribution in [2.45, 2.75) is 6.54 Å². The zero-order chi connectivity index (χ0) is 17.2. The van der Waals surface area contributed by atoms with E-state index in [0.29, 0.717) is 18.3 Å². The standard InChI is InChI=1S/C19H13FN4O/c20-15-7-3-6-13(11-15)18(25)23-17-16-8-2-1-5-14(16)12-24(17)19-21-9-4-10-22-19/h1-11H,12H2. The van der Waals surface area contributed by atoms with E-state index < -0.39 is 11.7 Å². The molecule has 0 saturated heterocycles. The van der Waals surface area contributed by atoms with Gasteiger partial charge in [0.25, 0.3) is 5.91 Å². The minimum absolute atomic E-state index is 0.200. The highest BCUT2D eigenvalue weighted by Crippen LogP contribution is 2.26. The quantitative estimate of drug-likeness (QED) is 0.723. The van der Waals surface area contributed by atoms with Crippen LogP contribution in [0.4, 0.5) is 10.3 Å². The smallest absolute Gasteiger partial charge is 0.279 e. The minimum Gasteiger partial charge on any atom is -0.290 e. The third-order valence-corrected chi connectivity index (χ3v) is 3.91. The van der Waals surface area contributed by atoms with E-state index in [4.69, 9.17) is 0 Å². The predicted octanol–water partition coefficient (Wildman–Crippen LogP) is 3.22. The summed E-state index contributed by atoms with van der Waals surface area (Å²) >= 11 is 0. The molecule has 2 aromatic carbocycles. The molecule has 0 atom stereocenters. The van der Waals surface area contributed by atoms with Crippen molar-refractivity contribution < 1.29 is 9.18 Å².